The summed E-state index contributed by atoms with van der Waals surface area (Å²) in [7, 11) is -3.99. The first kappa shape index (κ1) is 20.4. The van der Waals surface area contributed by atoms with Crippen LogP contribution in [0.5, 0.6) is 0 Å². The number of para-hydroxylation sites is 2. The molecule has 26 heavy (non-hydrogen) atoms. The molecular formula is C17H20ClF2N3O2S. The number of rotatable bonds is 6. The summed E-state index contributed by atoms with van der Waals surface area (Å²) in [4.78, 5) is 0. The van der Waals surface area contributed by atoms with Crippen molar-refractivity contribution < 1.29 is 17.2 Å². The molecule has 5 nitrogen and oxygen atoms in total. The molecule has 0 aliphatic carbocycles. The fourth-order valence-electron chi connectivity index (χ4n) is 2.85. The van der Waals surface area contributed by atoms with E-state index in [0.717, 1.165) is 23.0 Å². The van der Waals surface area contributed by atoms with Crippen molar-refractivity contribution in [2.75, 3.05) is 28.2 Å². The van der Waals surface area contributed by atoms with Crippen LogP contribution in [0.1, 0.15) is 13.3 Å². The van der Waals surface area contributed by atoms with Gasteiger partial charge in [-0.3, -0.25) is 4.31 Å². The highest BCUT2D eigenvalue weighted by atomic mass is 35.5. The van der Waals surface area contributed by atoms with Crippen molar-refractivity contribution in [3.63, 3.8) is 0 Å². The van der Waals surface area contributed by atoms with Crippen LogP contribution in [0, 0.1) is 11.6 Å². The SMILES string of the molecule is CCNCCCN1c2ccccc2N(c2ccc(F)cc2F)S1(=O)=O.Cl. The third-order valence-corrected chi connectivity index (χ3v) is 5.76. The van der Waals surface area contributed by atoms with Crippen molar-refractivity contribution in [3.05, 3.63) is 54.1 Å². The van der Waals surface area contributed by atoms with Crippen molar-refractivity contribution in [2.24, 2.45) is 0 Å². The maximum atomic E-state index is 14.2. The van der Waals surface area contributed by atoms with Crippen LogP contribution in [0.4, 0.5) is 25.8 Å². The van der Waals surface area contributed by atoms with Crippen LogP contribution >= 0.6 is 12.4 Å². The van der Waals surface area contributed by atoms with Crippen molar-refractivity contribution in [3.8, 4) is 0 Å². The van der Waals surface area contributed by atoms with Gasteiger partial charge in [-0.2, -0.15) is 8.42 Å². The van der Waals surface area contributed by atoms with Crippen molar-refractivity contribution in [1.82, 2.24) is 5.32 Å². The summed E-state index contributed by atoms with van der Waals surface area (Å²) >= 11 is 0. The van der Waals surface area contributed by atoms with Crippen LogP contribution in [0.25, 0.3) is 0 Å². The van der Waals surface area contributed by atoms with Gasteiger partial charge in [-0.1, -0.05) is 19.1 Å². The predicted octanol–water partition coefficient (Wildman–Crippen LogP) is 3.59. The molecule has 2 aromatic rings. The molecule has 9 heteroatoms. The summed E-state index contributed by atoms with van der Waals surface area (Å²) in [5, 5.41) is 3.15. The first-order valence-electron chi connectivity index (χ1n) is 8.04. The van der Waals surface area contributed by atoms with E-state index in [0.29, 0.717) is 30.4 Å². The molecule has 0 unspecified atom stereocenters. The molecule has 0 saturated heterocycles. The van der Waals surface area contributed by atoms with E-state index in [-0.39, 0.29) is 24.6 Å². The minimum absolute atomic E-state index is 0. The molecular weight excluding hydrogens is 384 g/mol. The summed E-state index contributed by atoms with van der Waals surface area (Å²) in [6.07, 6.45) is 0.612. The van der Waals surface area contributed by atoms with Gasteiger partial charge in [0.1, 0.15) is 5.82 Å². The summed E-state index contributed by atoms with van der Waals surface area (Å²) in [6, 6.07) is 9.58. The highest BCUT2D eigenvalue weighted by Gasteiger charge is 2.41. The monoisotopic (exact) mass is 403 g/mol. The van der Waals surface area contributed by atoms with Gasteiger partial charge in [0.25, 0.3) is 0 Å². The second-order valence-corrected chi connectivity index (χ2v) is 7.34. The molecule has 1 heterocycles. The fraction of sp³-hybridized carbons (Fsp3) is 0.294. The molecule has 1 N–H and O–H groups in total. The lowest BCUT2D eigenvalue weighted by Gasteiger charge is -2.22. The van der Waals surface area contributed by atoms with Crippen LogP contribution in [0.15, 0.2) is 42.5 Å². The molecule has 0 radical (unpaired) electrons. The Bertz CT molecular complexity index is 880. The molecule has 0 bridgehead atoms. The van der Waals surface area contributed by atoms with Gasteiger partial charge in [-0.25, -0.2) is 13.1 Å². The van der Waals surface area contributed by atoms with Crippen LogP contribution in [0.3, 0.4) is 0 Å². The van der Waals surface area contributed by atoms with Gasteiger partial charge in [-0.15, -0.1) is 12.4 Å². The number of hydrogen-bond acceptors (Lipinski definition) is 3. The highest BCUT2D eigenvalue weighted by molar-refractivity contribution is 7.95. The Morgan fingerprint density at radius 2 is 1.73 bits per heavy atom. The average Bonchev–Trinajstić information content (AvgIpc) is 2.79. The van der Waals surface area contributed by atoms with Gasteiger partial charge in [-0.05, 0) is 43.8 Å². The largest absolute Gasteiger partial charge is 0.331 e. The van der Waals surface area contributed by atoms with Gasteiger partial charge in [0, 0.05) is 12.6 Å². The topological polar surface area (TPSA) is 52.6 Å². The third kappa shape index (κ3) is 3.62. The zero-order valence-electron chi connectivity index (χ0n) is 14.2. The molecule has 2 aromatic carbocycles. The van der Waals surface area contributed by atoms with Crippen molar-refractivity contribution in [2.45, 2.75) is 13.3 Å². The first-order valence-corrected chi connectivity index (χ1v) is 9.44. The summed E-state index contributed by atoms with van der Waals surface area (Å²) in [5.41, 5.74) is 0.655. The molecule has 142 valence electrons. The van der Waals surface area contributed by atoms with E-state index in [1.165, 1.54) is 4.31 Å². The molecule has 0 aromatic heterocycles. The standard InChI is InChI=1S/C17H19F2N3O2S.ClH/c1-2-20-10-5-11-21-16-6-3-4-7-17(16)22(25(21,23)24)15-9-8-13(18)12-14(15)19;/h3-4,6-9,12,20H,2,5,10-11H2,1H3;1H. The number of hydrogen-bond donors (Lipinski definition) is 1. The van der Waals surface area contributed by atoms with Crippen molar-refractivity contribution >= 4 is 39.7 Å². The molecule has 0 spiro atoms. The molecule has 0 saturated carbocycles. The number of fused-ring (bicyclic) bond motifs is 1. The van der Waals surface area contributed by atoms with E-state index in [4.69, 9.17) is 0 Å². The Morgan fingerprint density at radius 3 is 2.38 bits per heavy atom. The number of halogens is 3. The fourth-order valence-corrected chi connectivity index (χ4v) is 4.61. The normalized spacial score (nSPS) is 14.9. The van der Waals surface area contributed by atoms with E-state index in [1.807, 2.05) is 6.92 Å². The molecule has 0 amide bonds. The first-order chi connectivity index (χ1) is 12.0. The van der Waals surface area contributed by atoms with E-state index in [2.05, 4.69) is 5.32 Å². The van der Waals surface area contributed by atoms with Gasteiger partial charge in [0.2, 0.25) is 0 Å². The molecule has 0 fully saturated rings. The average molecular weight is 404 g/mol. The predicted molar refractivity (Wildman–Crippen MR) is 102 cm³/mol. The second kappa shape index (κ2) is 8.20. The number of nitrogens with one attached hydrogen (secondary N) is 1. The maximum Gasteiger partial charge on any atom is 0.331 e. The molecule has 1 aliphatic rings. The zero-order chi connectivity index (χ0) is 18.0. The molecule has 0 atom stereocenters. The van der Waals surface area contributed by atoms with Crippen LogP contribution < -0.4 is 13.9 Å². The Balaban J connectivity index is 0.00000243. The molecule has 1 aliphatic heterocycles. The minimum atomic E-state index is -3.99. The van der Waals surface area contributed by atoms with Gasteiger partial charge < -0.3 is 5.32 Å². The summed E-state index contributed by atoms with van der Waals surface area (Å²) in [6.45, 7) is 3.72. The highest BCUT2D eigenvalue weighted by Crippen LogP contribution is 2.45. The number of benzene rings is 2. The Hall–Kier alpha value is -1.90. The second-order valence-electron chi connectivity index (χ2n) is 5.64. The zero-order valence-corrected chi connectivity index (χ0v) is 15.8. The van der Waals surface area contributed by atoms with Gasteiger partial charge >= 0.3 is 10.2 Å². The summed E-state index contributed by atoms with van der Waals surface area (Å²) < 4.78 is 55.7. The smallest absolute Gasteiger partial charge is 0.317 e. The minimum Gasteiger partial charge on any atom is -0.317 e. The number of anilines is 3. The van der Waals surface area contributed by atoms with E-state index >= 15 is 0 Å². The van der Waals surface area contributed by atoms with Crippen LogP contribution in [0.2, 0.25) is 0 Å². The Kier molecular flexibility index (Phi) is 6.44. The quantitative estimate of drug-likeness (QED) is 0.750. The van der Waals surface area contributed by atoms with E-state index in [9.17, 15) is 17.2 Å². The summed E-state index contributed by atoms with van der Waals surface area (Å²) in [5.74, 6) is -1.68. The van der Waals surface area contributed by atoms with Crippen LogP contribution in [-0.2, 0) is 10.2 Å². The van der Waals surface area contributed by atoms with Gasteiger partial charge in [0.15, 0.2) is 5.82 Å². The number of nitrogens with zero attached hydrogens (tertiary/aromatic N) is 2. The Labute approximate surface area is 158 Å². The lowest BCUT2D eigenvalue weighted by Crippen LogP contribution is -2.37. The van der Waals surface area contributed by atoms with E-state index in [1.54, 1.807) is 24.3 Å². The lowest BCUT2D eigenvalue weighted by molar-refractivity contribution is 0.577. The maximum absolute atomic E-state index is 14.2. The van der Waals surface area contributed by atoms with Crippen molar-refractivity contribution in [1.29, 1.82) is 0 Å². The third-order valence-electron chi connectivity index (χ3n) is 3.97. The van der Waals surface area contributed by atoms with E-state index < -0.39 is 21.8 Å². The van der Waals surface area contributed by atoms with Gasteiger partial charge in [0.05, 0.1) is 17.1 Å². The molecule has 3 rings (SSSR count). The van der Waals surface area contributed by atoms with Crippen LogP contribution in [-0.4, -0.2) is 28.1 Å². The Morgan fingerprint density at radius 1 is 1.04 bits per heavy atom. The lowest BCUT2D eigenvalue weighted by atomic mass is 10.2.